The largest absolute Gasteiger partial charge is 0.389 e. The lowest BCUT2D eigenvalue weighted by Gasteiger charge is -2.43. The average Bonchev–Trinajstić information content (AvgIpc) is 2.25. The van der Waals surface area contributed by atoms with Gasteiger partial charge in [0.2, 0.25) is 0 Å². The summed E-state index contributed by atoms with van der Waals surface area (Å²) in [4.78, 5) is 2.34. The smallest absolute Gasteiger partial charge is 0.0805 e. The predicted molar refractivity (Wildman–Crippen MR) is 81.6 cm³/mol. The maximum Gasteiger partial charge on any atom is 0.0805 e. The molecule has 1 aromatic rings. The van der Waals surface area contributed by atoms with Crippen LogP contribution >= 0.6 is 15.9 Å². The standard InChI is InChI=1S/C15H22BrNO2/c1-10-8-17(9-15(3,4)19-10)14-6-5-12(11(2)18)7-13(14)16/h5-7,10-11,18H,8-9H2,1-4H3. The van der Waals surface area contributed by atoms with Crippen molar-refractivity contribution in [2.24, 2.45) is 0 Å². The molecule has 1 N–H and O–H groups in total. The van der Waals surface area contributed by atoms with Gasteiger partial charge < -0.3 is 14.7 Å². The van der Waals surface area contributed by atoms with Gasteiger partial charge in [-0.05, 0) is 61.3 Å². The maximum atomic E-state index is 9.62. The van der Waals surface area contributed by atoms with Crippen LogP contribution in [0, 0.1) is 0 Å². The van der Waals surface area contributed by atoms with Crippen LogP contribution in [-0.4, -0.2) is 29.9 Å². The van der Waals surface area contributed by atoms with Crippen LogP contribution in [0.3, 0.4) is 0 Å². The Bertz CT molecular complexity index is 459. The molecule has 0 spiro atoms. The topological polar surface area (TPSA) is 32.7 Å². The number of hydrogen-bond acceptors (Lipinski definition) is 3. The Morgan fingerprint density at radius 1 is 1.47 bits per heavy atom. The van der Waals surface area contributed by atoms with Crippen molar-refractivity contribution in [1.82, 2.24) is 0 Å². The van der Waals surface area contributed by atoms with Crippen molar-refractivity contribution in [2.45, 2.75) is 45.5 Å². The van der Waals surface area contributed by atoms with Crippen LogP contribution in [0.5, 0.6) is 0 Å². The highest BCUT2D eigenvalue weighted by atomic mass is 79.9. The number of halogens is 1. The Kier molecular flexibility index (Phi) is 4.23. The maximum absolute atomic E-state index is 9.62. The third kappa shape index (κ3) is 3.50. The highest BCUT2D eigenvalue weighted by Crippen LogP contribution is 2.33. The number of nitrogens with zero attached hydrogens (tertiary/aromatic N) is 1. The minimum atomic E-state index is -0.439. The van der Waals surface area contributed by atoms with Gasteiger partial charge in [-0.15, -0.1) is 0 Å². The Morgan fingerprint density at radius 3 is 2.68 bits per heavy atom. The fourth-order valence-corrected chi connectivity index (χ4v) is 3.32. The van der Waals surface area contributed by atoms with Gasteiger partial charge >= 0.3 is 0 Å². The molecule has 1 aliphatic heterocycles. The molecule has 19 heavy (non-hydrogen) atoms. The summed E-state index contributed by atoms with van der Waals surface area (Å²) in [6.45, 7) is 9.87. The van der Waals surface area contributed by atoms with Gasteiger partial charge in [-0.2, -0.15) is 0 Å². The zero-order valence-electron chi connectivity index (χ0n) is 12.0. The van der Waals surface area contributed by atoms with E-state index in [1.54, 1.807) is 6.92 Å². The number of aliphatic hydroxyl groups excluding tert-OH is 1. The van der Waals surface area contributed by atoms with Gasteiger partial charge in [0.1, 0.15) is 0 Å². The zero-order valence-corrected chi connectivity index (χ0v) is 13.6. The lowest BCUT2D eigenvalue weighted by Crippen LogP contribution is -2.52. The first-order valence-corrected chi connectivity index (χ1v) is 7.48. The second kappa shape index (κ2) is 5.43. The molecule has 4 heteroatoms. The van der Waals surface area contributed by atoms with Crippen molar-refractivity contribution in [3.05, 3.63) is 28.2 Å². The number of rotatable bonds is 2. The van der Waals surface area contributed by atoms with Crippen molar-refractivity contribution < 1.29 is 9.84 Å². The first kappa shape index (κ1) is 14.8. The van der Waals surface area contributed by atoms with Gasteiger partial charge in [-0.1, -0.05) is 6.07 Å². The molecule has 1 aliphatic rings. The minimum absolute atomic E-state index is 0.139. The number of morpholine rings is 1. The van der Waals surface area contributed by atoms with Crippen LogP contribution in [0.2, 0.25) is 0 Å². The van der Waals surface area contributed by atoms with Gasteiger partial charge in [-0.25, -0.2) is 0 Å². The van der Waals surface area contributed by atoms with E-state index < -0.39 is 6.10 Å². The van der Waals surface area contributed by atoms with Crippen LogP contribution in [0.15, 0.2) is 22.7 Å². The fourth-order valence-electron chi connectivity index (χ4n) is 2.68. The monoisotopic (exact) mass is 327 g/mol. The summed E-state index contributed by atoms with van der Waals surface area (Å²) in [5.74, 6) is 0. The van der Waals surface area contributed by atoms with Gasteiger partial charge in [0, 0.05) is 17.6 Å². The molecule has 0 aromatic heterocycles. The lowest BCUT2D eigenvalue weighted by atomic mass is 10.0. The number of aliphatic hydroxyl groups is 1. The molecular weight excluding hydrogens is 306 g/mol. The van der Waals surface area contributed by atoms with Gasteiger partial charge in [0.15, 0.2) is 0 Å². The highest BCUT2D eigenvalue weighted by molar-refractivity contribution is 9.10. The van der Waals surface area contributed by atoms with Crippen molar-refractivity contribution in [3.63, 3.8) is 0 Å². The first-order valence-electron chi connectivity index (χ1n) is 6.69. The van der Waals surface area contributed by atoms with Gasteiger partial charge in [0.05, 0.1) is 23.5 Å². The van der Waals surface area contributed by atoms with E-state index in [1.165, 1.54) is 0 Å². The molecule has 106 valence electrons. The molecule has 1 fully saturated rings. The van der Waals surface area contributed by atoms with Crippen molar-refractivity contribution >= 4 is 21.6 Å². The quantitative estimate of drug-likeness (QED) is 0.902. The zero-order chi connectivity index (χ0) is 14.2. The summed E-state index contributed by atoms with van der Waals surface area (Å²) in [6.07, 6.45) is -0.225. The molecule has 2 atom stereocenters. The Balaban J connectivity index is 2.26. The molecule has 0 amide bonds. The second-order valence-corrected chi connectivity index (χ2v) is 6.81. The van der Waals surface area contributed by atoms with E-state index in [0.29, 0.717) is 0 Å². The SMILES string of the molecule is CC1CN(c2ccc(C(C)O)cc2Br)CC(C)(C)O1. The summed E-state index contributed by atoms with van der Waals surface area (Å²) in [7, 11) is 0. The van der Waals surface area contributed by atoms with Crippen molar-refractivity contribution in [3.8, 4) is 0 Å². The van der Waals surface area contributed by atoms with Crippen LogP contribution in [0.1, 0.15) is 39.4 Å². The van der Waals surface area contributed by atoms with Crippen LogP contribution in [0.25, 0.3) is 0 Å². The molecule has 0 saturated carbocycles. The molecule has 1 heterocycles. The summed E-state index contributed by atoms with van der Waals surface area (Å²) in [5.41, 5.74) is 1.95. The predicted octanol–water partition coefficient (Wildman–Crippen LogP) is 3.51. The highest BCUT2D eigenvalue weighted by Gasteiger charge is 2.32. The van der Waals surface area contributed by atoms with Gasteiger partial charge in [0.25, 0.3) is 0 Å². The molecule has 0 bridgehead atoms. The summed E-state index contributed by atoms with van der Waals surface area (Å²) in [5, 5.41) is 9.62. The molecule has 1 saturated heterocycles. The second-order valence-electron chi connectivity index (χ2n) is 5.96. The number of anilines is 1. The van der Waals surface area contributed by atoms with Crippen LogP contribution in [-0.2, 0) is 4.74 Å². The lowest BCUT2D eigenvalue weighted by molar-refractivity contribution is -0.0750. The van der Waals surface area contributed by atoms with Crippen LogP contribution in [0.4, 0.5) is 5.69 Å². The van der Waals surface area contributed by atoms with E-state index in [2.05, 4.69) is 47.7 Å². The van der Waals surface area contributed by atoms with E-state index >= 15 is 0 Å². The third-order valence-electron chi connectivity index (χ3n) is 3.36. The molecule has 2 unspecified atom stereocenters. The molecule has 0 aliphatic carbocycles. The average molecular weight is 328 g/mol. The number of hydrogen-bond donors (Lipinski definition) is 1. The molecular formula is C15H22BrNO2. The molecule has 2 rings (SSSR count). The van der Waals surface area contributed by atoms with E-state index in [4.69, 9.17) is 4.74 Å². The fraction of sp³-hybridized carbons (Fsp3) is 0.600. The Morgan fingerprint density at radius 2 is 2.16 bits per heavy atom. The third-order valence-corrected chi connectivity index (χ3v) is 4.00. The summed E-state index contributed by atoms with van der Waals surface area (Å²) in [6, 6.07) is 6.05. The van der Waals surface area contributed by atoms with Crippen molar-refractivity contribution in [1.29, 1.82) is 0 Å². The number of benzene rings is 1. The molecule has 3 nitrogen and oxygen atoms in total. The summed E-state index contributed by atoms with van der Waals surface area (Å²) < 4.78 is 6.95. The number of ether oxygens (including phenoxy) is 1. The molecule has 1 aromatic carbocycles. The Hall–Kier alpha value is -0.580. The minimum Gasteiger partial charge on any atom is -0.389 e. The normalized spacial score (nSPS) is 24.3. The van der Waals surface area contributed by atoms with E-state index in [0.717, 1.165) is 28.8 Å². The van der Waals surface area contributed by atoms with Crippen LogP contribution < -0.4 is 4.90 Å². The Labute approximate surface area is 123 Å². The first-order chi connectivity index (χ1) is 8.78. The van der Waals surface area contributed by atoms with Crippen molar-refractivity contribution in [2.75, 3.05) is 18.0 Å². The summed E-state index contributed by atoms with van der Waals surface area (Å²) >= 11 is 3.61. The molecule has 0 radical (unpaired) electrons. The van der Waals surface area contributed by atoms with Gasteiger partial charge in [-0.3, -0.25) is 0 Å². The van der Waals surface area contributed by atoms with E-state index in [-0.39, 0.29) is 11.7 Å². The van der Waals surface area contributed by atoms with E-state index in [9.17, 15) is 5.11 Å². The van der Waals surface area contributed by atoms with E-state index in [1.807, 2.05) is 12.1 Å².